The number of hydrogen-bond donors (Lipinski definition) is 0. The van der Waals surface area contributed by atoms with E-state index in [2.05, 4.69) is 162 Å². The van der Waals surface area contributed by atoms with E-state index in [9.17, 15) is 0 Å². The first-order chi connectivity index (χ1) is 30.6. The van der Waals surface area contributed by atoms with Crippen molar-refractivity contribution < 1.29 is 11.6 Å². The maximum atomic E-state index is 8.64. The van der Waals surface area contributed by atoms with Crippen LogP contribution in [0.4, 0.5) is 22.7 Å². The lowest BCUT2D eigenvalue weighted by atomic mass is 9.80. The number of ether oxygens (including phenoxy) is 1. The highest BCUT2D eigenvalue weighted by Gasteiger charge is 2.30. The maximum absolute atomic E-state index is 8.64. The second-order valence-electron chi connectivity index (χ2n) is 19.2. The summed E-state index contributed by atoms with van der Waals surface area (Å²) in [6.07, 6.45) is 1.62. The lowest BCUT2D eigenvalue weighted by Gasteiger charge is -2.29. The van der Waals surface area contributed by atoms with E-state index in [0.29, 0.717) is 29.5 Å². The van der Waals surface area contributed by atoms with E-state index < -0.39 is 6.04 Å². The van der Waals surface area contributed by atoms with E-state index in [-0.39, 0.29) is 46.0 Å². The Morgan fingerprint density at radius 3 is 1.80 bits per heavy atom. The van der Waals surface area contributed by atoms with Crippen LogP contribution in [0.25, 0.3) is 38.8 Å². The summed E-state index contributed by atoms with van der Waals surface area (Å²) >= 11 is 0. The highest BCUT2D eigenvalue weighted by Crippen LogP contribution is 2.47. The van der Waals surface area contributed by atoms with Crippen LogP contribution >= 0.6 is 0 Å². The number of pyridine rings is 1. The molecule has 0 unspecified atom stereocenters. The molecule has 8 aromatic rings. The Balaban J connectivity index is 1.11. The third-order valence-corrected chi connectivity index (χ3v) is 11.8. The van der Waals surface area contributed by atoms with E-state index >= 15 is 0 Å². The van der Waals surface area contributed by atoms with Crippen LogP contribution in [-0.4, -0.2) is 16.2 Å². The Morgan fingerprint density at radius 2 is 1.17 bits per heavy atom. The van der Waals surface area contributed by atoms with Crippen LogP contribution < -0.4 is 14.5 Å². The number of benzene rings is 6. The van der Waals surface area contributed by atoms with Crippen LogP contribution in [0.5, 0.6) is 11.5 Å². The summed E-state index contributed by atoms with van der Waals surface area (Å²) in [5.41, 5.74) is 11.4. The number of anilines is 4. The molecule has 3 heterocycles. The molecule has 0 saturated heterocycles. The number of aryl methyl sites for hydroxylation is 1. The minimum atomic E-state index is -0.420. The highest BCUT2D eigenvalue weighted by atomic mass is 16.5. The number of fused-ring (bicyclic) bond motifs is 4. The van der Waals surface area contributed by atoms with E-state index in [4.69, 9.17) is 16.6 Å². The molecule has 0 spiro atoms. The van der Waals surface area contributed by atoms with Gasteiger partial charge in [0.25, 0.3) is 0 Å². The van der Waals surface area contributed by atoms with E-state index in [1.54, 1.807) is 6.20 Å². The van der Waals surface area contributed by atoms with E-state index in [1.807, 2.05) is 31.2 Å². The standard InChI is InChI=1S/C55H56N4O/c1-36-27-52(56-34-47(36)37-17-12-11-13-18-37)59-50-31-38(53(2,3)4)23-25-45(50)46-26-24-44(33-51(46)59)60-43-20-16-19-41(32-43)57-35-58(49-22-15-14-21-48(49)57)42-29-39(54(5,6)7)28-40(30-42)55(8,9)10/h11-34H,35H2,1-10H3/i11D,12D,13D,17D,18D. The van der Waals surface area contributed by atoms with Gasteiger partial charge in [0.2, 0.25) is 0 Å². The van der Waals surface area contributed by atoms with Crippen LogP contribution in [0, 0.1) is 6.92 Å². The van der Waals surface area contributed by atoms with Crippen LogP contribution in [0.2, 0.25) is 0 Å². The Hall–Kier alpha value is -6.33. The molecule has 2 aromatic heterocycles. The zero-order valence-electron chi connectivity index (χ0n) is 41.4. The molecule has 0 aliphatic carbocycles. The summed E-state index contributed by atoms with van der Waals surface area (Å²) < 4.78 is 50.9. The molecule has 5 nitrogen and oxygen atoms in total. The Kier molecular flexibility index (Phi) is 8.06. The van der Waals surface area contributed by atoms with Gasteiger partial charge in [0, 0.05) is 46.0 Å². The molecule has 1 aliphatic heterocycles. The number of para-hydroxylation sites is 2. The molecule has 0 radical (unpaired) electrons. The van der Waals surface area contributed by atoms with Crippen molar-refractivity contribution in [1.29, 1.82) is 0 Å². The van der Waals surface area contributed by atoms with Gasteiger partial charge in [-0.15, -0.1) is 0 Å². The number of aromatic nitrogens is 2. The molecule has 6 aromatic carbocycles. The molecule has 0 fully saturated rings. The van der Waals surface area contributed by atoms with Gasteiger partial charge in [0.1, 0.15) is 24.0 Å². The first kappa shape index (κ1) is 33.5. The van der Waals surface area contributed by atoms with Crippen molar-refractivity contribution in [3.63, 3.8) is 0 Å². The number of hydrogen-bond acceptors (Lipinski definition) is 4. The van der Waals surface area contributed by atoms with E-state index in [0.717, 1.165) is 44.4 Å². The Bertz CT molecular complexity index is 3140. The lowest BCUT2D eigenvalue weighted by molar-refractivity contribution is 0.483. The Morgan fingerprint density at radius 1 is 0.567 bits per heavy atom. The molecule has 60 heavy (non-hydrogen) atoms. The zero-order valence-corrected chi connectivity index (χ0v) is 36.4. The molecule has 0 bridgehead atoms. The topological polar surface area (TPSA) is 33.5 Å². The lowest BCUT2D eigenvalue weighted by Crippen LogP contribution is -2.25. The second-order valence-corrected chi connectivity index (χ2v) is 19.2. The van der Waals surface area contributed by atoms with Crippen molar-refractivity contribution in [2.24, 2.45) is 0 Å². The predicted molar refractivity (Wildman–Crippen MR) is 253 cm³/mol. The van der Waals surface area contributed by atoms with Crippen LogP contribution in [0.1, 0.15) is 91.4 Å². The van der Waals surface area contributed by atoms with Crippen LogP contribution in [0.3, 0.4) is 0 Å². The van der Waals surface area contributed by atoms with Gasteiger partial charge in [-0.25, -0.2) is 4.98 Å². The van der Waals surface area contributed by atoms with E-state index in [1.165, 1.54) is 22.4 Å². The van der Waals surface area contributed by atoms with Crippen molar-refractivity contribution in [1.82, 2.24) is 9.55 Å². The van der Waals surface area contributed by atoms with Crippen molar-refractivity contribution in [3.05, 3.63) is 168 Å². The molecule has 1 aliphatic rings. The first-order valence-corrected chi connectivity index (χ1v) is 20.8. The monoisotopic (exact) mass is 793 g/mol. The summed E-state index contributed by atoms with van der Waals surface area (Å²) in [6.45, 7) is 22.8. The molecule has 0 atom stereocenters. The van der Waals surface area contributed by atoms with Crippen molar-refractivity contribution in [2.45, 2.75) is 85.5 Å². The van der Waals surface area contributed by atoms with Crippen LogP contribution in [0.15, 0.2) is 146 Å². The molecule has 0 amide bonds. The summed E-state index contributed by atoms with van der Waals surface area (Å²) in [6, 6.07) is 36.9. The van der Waals surface area contributed by atoms with Crippen molar-refractivity contribution >= 4 is 44.6 Å². The number of nitrogens with zero attached hydrogens (tertiary/aromatic N) is 4. The molecular formula is C55H56N4O. The highest BCUT2D eigenvalue weighted by molar-refractivity contribution is 6.09. The minimum Gasteiger partial charge on any atom is -0.457 e. The summed E-state index contributed by atoms with van der Waals surface area (Å²) in [5, 5.41) is 2.10. The summed E-state index contributed by atoms with van der Waals surface area (Å²) in [4.78, 5) is 9.70. The van der Waals surface area contributed by atoms with Crippen molar-refractivity contribution in [2.75, 3.05) is 16.5 Å². The molecular weight excluding hydrogens is 733 g/mol. The molecule has 5 heteroatoms. The average molecular weight is 794 g/mol. The van der Waals surface area contributed by atoms with Gasteiger partial charge in [-0.1, -0.05) is 129 Å². The molecule has 0 saturated carbocycles. The van der Waals surface area contributed by atoms with Gasteiger partial charge in [0.15, 0.2) is 0 Å². The second kappa shape index (κ2) is 14.4. The SMILES string of the molecule is [2H]c1c([2H])c([2H])c(-c2cnc(-n3c4cc(Oc5cccc(N6CN(c7cc(C(C)(C)C)cc(C(C)(C)C)c7)c7ccccc76)c5)ccc4c4ccc(C(C)(C)C)cc43)cc2C)c([2H])c1[2H]. The van der Waals surface area contributed by atoms with Gasteiger partial charge in [-0.05, 0) is 112 Å². The van der Waals surface area contributed by atoms with Gasteiger partial charge in [-0.2, -0.15) is 0 Å². The first-order valence-electron chi connectivity index (χ1n) is 23.3. The summed E-state index contributed by atoms with van der Waals surface area (Å²) in [5.74, 6) is 2.01. The third-order valence-electron chi connectivity index (χ3n) is 11.8. The number of rotatable bonds is 6. The zero-order chi connectivity index (χ0) is 46.5. The molecule has 9 rings (SSSR count). The van der Waals surface area contributed by atoms with Gasteiger partial charge in [0.05, 0.1) is 29.3 Å². The predicted octanol–water partition coefficient (Wildman–Crippen LogP) is 15.1. The van der Waals surface area contributed by atoms with Gasteiger partial charge < -0.3 is 14.5 Å². The van der Waals surface area contributed by atoms with Crippen LogP contribution in [-0.2, 0) is 16.2 Å². The molecule has 0 N–H and O–H groups in total. The van der Waals surface area contributed by atoms with Gasteiger partial charge in [-0.3, -0.25) is 4.57 Å². The summed E-state index contributed by atoms with van der Waals surface area (Å²) in [7, 11) is 0. The normalized spacial score (nSPS) is 14.5. The maximum Gasteiger partial charge on any atom is 0.137 e. The fraction of sp³-hybridized carbons (Fsp3) is 0.255. The van der Waals surface area contributed by atoms with Crippen molar-refractivity contribution in [3.8, 4) is 28.4 Å². The molecule has 302 valence electrons. The van der Waals surface area contributed by atoms with Gasteiger partial charge >= 0.3 is 0 Å². The Labute approximate surface area is 362 Å². The minimum absolute atomic E-state index is 0.00905. The largest absolute Gasteiger partial charge is 0.457 e. The quantitative estimate of drug-likeness (QED) is 0.168. The smallest absolute Gasteiger partial charge is 0.137 e. The fourth-order valence-corrected chi connectivity index (χ4v) is 8.22. The average Bonchev–Trinajstić information content (AvgIpc) is 3.80. The fourth-order valence-electron chi connectivity index (χ4n) is 8.22. The third kappa shape index (κ3) is 7.21.